The first kappa shape index (κ1) is 21.9. The second-order valence-corrected chi connectivity index (χ2v) is 9.19. The van der Waals surface area contributed by atoms with Crippen molar-refractivity contribution < 1.29 is 14.0 Å². The van der Waals surface area contributed by atoms with Crippen molar-refractivity contribution >= 4 is 56.5 Å². The first-order valence-corrected chi connectivity index (χ1v) is 11.5. The number of hydrogen-bond donors (Lipinski definition) is 2. The lowest BCUT2D eigenvalue weighted by Gasteiger charge is -2.09. The monoisotopic (exact) mass is 466 g/mol. The number of thioether (sulfide) groups is 1. The van der Waals surface area contributed by atoms with Gasteiger partial charge in [0.05, 0.1) is 5.75 Å². The van der Waals surface area contributed by atoms with E-state index in [1.807, 2.05) is 13.8 Å². The third-order valence-electron chi connectivity index (χ3n) is 4.76. The Balaban J connectivity index is 1.40. The quantitative estimate of drug-likeness (QED) is 0.292. The van der Waals surface area contributed by atoms with Crippen molar-refractivity contribution in [3.8, 4) is 0 Å². The molecule has 9 heteroatoms. The summed E-state index contributed by atoms with van der Waals surface area (Å²) in [4.78, 5) is 35.7. The fourth-order valence-electron chi connectivity index (χ4n) is 3.10. The van der Waals surface area contributed by atoms with Gasteiger partial charge in [0, 0.05) is 27.2 Å². The van der Waals surface area contributed by atoms with Crippen LogP contribution < -0.4 is 10.6 Å². The molecule has 0 radical (unpaired) electrons. The molecule has 0 saturated carbocycles. The fourth-order valence-corrected chi connectivity index (χ4v) is 5.02. The summed E-state index contributed by atoms with van der Waals surface area (Å²) >= 11 is 2.96. The van der Waals surface area contributed by atoms with Gasteiger partial charge in [-0.1, -0.05) is 23.9 Å². The number of nitrogens with one attached hydrogen (secondary N) is 2. The van der Waals surface area contributed by atoms with Crippen molar-refractivity contribution in [1.29, 1.82) is 0 Å². The van der Waals surface area contributed by atoms with Crippen LogP contribution in [0.2, 0.25) is 0 Å². The maximum atomic E-state index is 13.3. The molecule has 2 aromatic carbocycles. The largest absolute Gasteiger partial charge is 0.325 e. The number of hydrogen-bond acceptors (Lipinski definition) is 6. The molecular weight excluding hydrogens is 447 g/mol. The fraction of sp³-hybridized carbons (Fsp3) is 0.130. The van der Waals surface area contributed by atoms with Crippen LogP contribution in [0.5, 0.6) is 0 Å². The Kier molecular flexibility index (Phi) is 6.48. The Morgan fingerprint density at radius 2 is 1.78 bits per heavy atom. The van der Waals surface area contributed by atoms with E-state index in [0.29, 0.717) is 16.9 Å². The smallest absolute Gasteiger partial charge is 0.255 e. The minimum atomic E-state index is -0.435. The van der Waals surface area contributed by atoms with Crippen LogP contribution in [0.25, 0.3) is 10.2 Å². The van der Waals surface area contributed by atoms with Gasteiger partial charge in [-0.25, -0.2) is 14.4 Å². The van der Waals surface area contributed by atoms with Crippen molar-refractivity contribution in [2.24, 2.45) is 0 Å². The van der Waals surface area contributed by atoms with Gasteiger partial charge in [0.1, 0.15) is 22.0 Å². The van der Waals surface area contributed by atoms with Crippen molar-refractivity contribution in [2.45, 2.75) is 18.9 Å². The molecule has 2 heterocycles. The van der Waals surface area contributed by atoms with E-state index in [1.54, 1.807) is 41.7 Å². The molecule has 0 fully saturated rings. The Bertz CT molecular complexity index is 1320. The standard InChI is InChI=1S/C23H19FN4O2S2/c1-13-14(2)32-23-20(13)22(25-12-26-23)31-11-19(29)27-17-7-3-5-15(9-17)21(30)28-18-8-4-6-16(24)10-18/h3-10,12H,11H2,1-2H3,(H,27,29)(H,28,30). The van der Waals surface area contributed by atoms with E-state index in [2.05, 4.69) is 20.6 Å². The number of fused-ring (bicyclic) bond motifs is 1. The molecule has 4 aromatic rings. The maximum absolute atomic E-state index is 13.3. The molecule has 0 aliphatic heterocycles. The highest BCUT2D eigenvalue weighted by atomic mass is 32.2. The lowest BCUT2D eigenvalue weighted by atomic mass is 10.2. The summed E-state index contributed by atoms with van der Waals surface area (Å²) in [5.41, 5.74) is 2.33. The molecule has 6 nitrogen and oxygen atoms in total. The summed E-state index contributed by atoms with van der Waals surface area (Å²) in [5, 5.41) is 7.21. The summed E-state index contributed by atoms with van der Waals surface area (Å²) in [7, 11) is 0. The Labute approximate surface area is 192 Å². The van der Waals surface area contributed by atoms with Gasteiger partial charge in [-0.3, -0.25) is 9.59 Å². The minimum Gasteiger partial charge on any atom is -0.325 e. The first-order chi connectivity index (χ1) is 15.4. The zero-order valence-corrected chi connectivity index (χ0v) is 18.9. The summed E-state index contributed by atoms with van der Waals surface area (Å²) in [6, 6.07) is 12.2. The van der Waals surface area contributed by atoms with Crippen molar-refractivity contribution in [1.82, 2.24) is 9.97 Å². The third-order valence-corrected chi connectivity index (χ3v) is 6.87. The first-order valence-electron chi connectivity index (χ1n) is 9.71. The topological polar surface area (TPSA) is 84.0 Å². The molecule has 2 aromatic heterocycles. The van der Waals surface area contributed by atoms with Crippen LogP contribution in [0.15, 0.2) is 59.9 Å². The number of rotatable bonds is 6. The number of halogens is 1. The van der Waals surface area contributed by atoms with Gasteiger partial charge < -0.3 is 10.6 Å². The zero-order valence-electron chi connectivity index (χ0n) is 17.3. The minimum absolute atomic E-state index is 0.167. The van der Waals surface area contributed by atoms with Gasteiger partial charge in [-0.05, 0) is 55.8 Å². The van der Waals surface area contributed by atoms with Crippen LogP contribution in [-0.2, 0) is 4.79 Å². The number of anilines is 2. The molecule has 162 valence electrons. The maximum Gasteiger partial charge on any atom is 0.255 e. The van der Waals surface area contributed by atoms with Gasteiger partial charge >= 0.3 is 0 Å². The Morgan fingerprint density at radius 1 is 1.03 bits per heavy atom. The molecule has 4 rings (SSSR count). The molecule has 2 amide bonds. The second-order valence-electron chi connectivity index (χ2n) is 7.02. The van der Waals surface area contributed by atoms with Crippen molar-refractivity contribution in [3.63, 3.8) is 0 Å². The number of aromatic nitrogens is 2. The molecular formula is C23H19FN4O2S2. The number of aryl methyl sites for hydroxylation is 2. The van der Waals surface area contributed by atoms with Crippen LogP contribution in [0.1, 0.15) is 20.8 Å². The van der Waals surface area contributed by atoms with Crippen LogP contribution >= 0.6 is 23.1 Å². The molecule has 0 aliphatic rings. The molecule has 0 saturated heterocycles. The van der Waals surface area contributed by atoms with Gasteiger partial charge in [-0.2, -0.15) is 0 Å². The lowest BCUT2D eigenvalue weighted by Crippen LogP contribution is -2.16. The van der Waals surface area contributed by atoms with E-state index in [4.69, 9.17) is 0 Å². The molecule has 0 spiro atoms. The SMILES string of the molecule is Cc1sc2ncnc(SCC(=O)Nc3cccc(C(=O)Nc4cccc(F)c4)c3)c2c1C. The van der Waals surface area contributed by atoms with E-state index in [0.717, 1.165) is 20.8 Å². The summed E-state index contributed by atoms with van der Waals surface area (Å²) in [6.45, 7) is 4.07. The molecule has 0 atom stereocenters. The highest BCUT2D eigenvalue weighted by molar-refractivity contribution is 8.00. The highest BCUT2D eigenvalue weighted by Crippen LogP contribution is 2.34. The third kappa shape index (κ3) is 4.95. The molecule has 2 N–H and O–H groups in total. The normalized spacial score (nSPS) is 10.8. The summed E-state index contributed by atoms with van der Waals surface area (Å²) in [6.07, 6.45) is 1.51. The Morgan fingerprint density at radius 3 is 2.56 bits per heavy atom. The average molecular weight is 467 g/mol. The number of amides is 2. The Hall–Kier alpha value is -3.30. The number of carbonyl (C=O) groups is 2. The predicted octanol–water partition coefficient (Wildman–Crippen LogP) is 5.43. The summed E-state index contributed by atoms with van der Waals surface area (Å²) in [5.74, 6) is -0.878. The van der Waals surface area contributed by atoms with Gasteiger partial charge in [-0.15, -0.1) is 11.3 Å². The van der Waals surface area contributed by atoms with E-state index in [9.17, 15) is 14.0 Å². The van der Waals surface area contributed by atoms with E-state index in [1.165, 1.54) is 41.2 Å². The van der Waals surface area contributed by atoms with Crippen LogP contribution in [0, 0.1) is 19.7 Å². The van der Waals surface area contributed by atoms with Crippen LogP contribution in [-0.4, -0.2) is 27.5 Å². The summed E-state index contributed by atoms with van der Waals surface area (Å²) < 4.78 is 13.3. The average Bonchev–Trinajstić information content (AvgIpc) is 3.06. The lowest BCUT2D eigenvalue weighted by molar-refractivity contribution is -0.113. The van der Waals surface area contributed by atoms with Gasteiger partial charge in [0.25, 0.3) is 5.91 Å². The predicted molar refractivity (Wildman–Crippen MR) is 127 cm³/mol. The zero-order chi connectivity index (χ0) is 22.7. The molecule has 0 bridgehead atoms. The van der Waals surface area contributed by atoms with Crippen LogP contribution in [0.3, 0.4) is 0 Å². The van der Waals surface area contributed by atoms with Gasteiger partial charge in [0.15, 0.2) is 0 Å². The van der Waals surface area contributed by atoms with Crippen molar-refractivity contribution in [3.05, 3.63) is 76.7 Å². The van der Waals surface area contributed by atoms with E-state index >= 15 is 0 Å². The van der Waals surface area contributed by atoms with Crippen molar-refractivity contribution in [2.75, 3.05) is 16.4 Å². The second kappa shape index (κ2) is 9.46. The highest BCUT2D eigenvalue weighted by Gasteiger charge is 2.14. The van der Waals surface area contributed by atoms with E-state index < -0.39 is 11.7 Å². The van der Waals surface area contributed by atoms with Gasteiger partial charge in [0.2, 0.25) is 5.91 Å². The molecule has 0 aliphatic carbocycles. The number of thiophene rings is 1. The molecule has 32 heavy (non-hydrogen) atoms. The number of carbonyl (C=O) groups excluding carboxylic acids is 2. The van der Waals surface area contributed by atoms with E-state index in [-0.39, 0.29) is 11.7 Å². The molecule has 0 unspecified atom stereocenters. The number of benzene rings is 2. The van der Waals surface area contributed by atoms with Crippen LogP contribution in [0.4, 0.5) is 15.8 Å². The number of nitrogens with zero attached hydrogens (tertiary/aromatic N) is 2.